The molecule has 0 aliphatic heterocycles. The molecule has 0 bridgehead atoms. The topological polar surface area (TPSA) is 27.1 Å². The lowest BCUT2D eigenvalue weighted by atomic mass is 9.70. The van der Waals surface area contributed by atoms with Crippen LogP contribution in [0.25, 0.3) is 11.8 Å². The first kappa shape index (κ1) is 19.6. The number of hydrogen-bond acceptors (Lipinski definition) is 2. The van der Waals surface area contributed by atoms with Gasteiger partial charge in [-0.3, -0.25) is 0 Å². The Labute approximate surface area is 171 Å². The Hall–Kier alpha value is -2.72. The van der Waals surface area contributed by atoms with Crippen molar-refractivity contribution < 1.29 is 9.13 Å². The normalized spacial score (nSPS) is 19.5. The largest absolute Gasteiger partial charge is 0.374 e. The highest BCUT2D eigenvalue weighted by Crippen LogP contribution is 2.45. The van der Waals surface area contributed by atoms with E-state index in [9.17, 15) is 4.39 Å². The van der Waals surface area contributed by atoms with Crippen LogP contribution in [0, 0.1) is 11.2 Å². The van der Waals surface area contributed by atoms with Gasteiger partial charge in [0, 0.05) is 6.61 Å². The third-order valence-corrected chi connectivity index (χ3v) is 6.03. The van der Waals surface area contributed by atoms with Gasteiger partial charge >= 0.3 is 0 Å². The zero-order valence-corrected chi connectivity index (χ0v) is 17.2. The summed E-state index contributed by atoms with van der Waals surface area (Å²) < 4.78 is 22.2. The van der Waals surface area contributed by atoms with Crippen molar-refractivity contribution in [3.8, 4) is 5.69 Å². The van der Waals surface area contributed by atoms with Gasteiger partial charge in [-0.15, -0.1) is 0 Å². The molecular formula is C25H27FN2O. The average Bonchev–Trinajstić information content (AvgIpc) is 3.11. The van der Waals surface area contributed by atoms with E-state index in [0.717, 1.165) is 24.1 Å². The van der Waals surface area contributed by atoms with Gasteiger partial charge in [0.15, 0.2) is 0 Å². The van der Waals surface area contributed by atoms with E-state index in [2.05, 4.69) is 49.3 Å². The van der Waals surface area contributed by atoms with E-state index >= 15 is 0 Å². The maximum atomic E-state index is 14.3. The first-order valence-corrected chi connectivity index (χ1v) is 10.2. The molecule has 0 saturated carbocycles. The molecule has 3 aromatic rings. The summed E-state index contributed by atoms with van der Waals surface area (Å²) in [6.45, 7) is 7.17. The van der Waals surface area contributed by atoms with Crippen molar-refractivity contribution in [1.82, 2.24) is 9.78 Å². The number of fused-ring (bicyclic) bond motifs is 1. The number of para-hydroxylation sites is 1. The molecule has 1 heterocycles. The van der Waals surface area contributed by atoms with Crippen LogP contribution in [0.5, 0.6) is 0 Å². The second-order valence-corrected chi connectivity index (χ2v) is 8.04. The van der Waals surface area contributed by atoms with E-state index in [0.29, 0.717) is 12.3 Å². The van der Waals surface area contributed by atoms with Gasteiger partial charge in [0.2, 0.25) is 0 Å². The van der Waals surface area contributed by atoms with Gasteiger partial charge in [-0.25, -0.2) is 9.07 Å². The molecule has 0 amide bonds. The third-order valence-electron chi connectivity index (χ3n) is 6.03. The number of rotatable bonds is 6. The van der Waals surface area contributed by atoms with Gasteiger partial charge in [-0.1, -0.05) is 55.0 Å². The Morgan fingerprint density at radius 2 is 1.86 bits per heavy atom. The maximum Gasteiger partial charge on any atom is 0.148 e. The van der Waals surface area contributed by atoms with Crippen LogP contribution in [0.15, 0.2) is 66.4 Å². The Bertz CT molecular complexity index is 1020. The number of hydrogen-bond donors (Lipinski definition) is 0. The third kappa shape index (κ3) is 3.77. The van der Waals surface area contributed by atoms with E-state index in [1.807, 2.05) is 25.3 Å². The molecule has 0 radical (unpaired) electrons. The summed E-state index contributed by atoms with van der Waals surface area (Å²) in [4.78, 5) is 0. The molecule has 1 aliphatic carbocycles. The second-order valence-electron chi connectivity index (χ2n) is 8.04. The molecule has 4 rings (SSSR count). The highest BCUT2D eigenvalue weighted by atomic mass is 19.1. The second kappa shape index (κ2) is 7.96. The van der Waals surface area contributed by atoms with Crippen LogP contribution in [-0.4, -0.2) is 16.4 Å². The quantitative estimate of drug-likeness (QED) is 0.505. The van der Waals surface area contributed by atoms with Crippen LogP contribution in [0.1, 0.15) is 50.1 Å². The van der Waals surface area contributed by atoms with Crippen molar-refractivity contribution in [1.29, 1.82) is 0 Å². The van der Waals surface area contributed by atoms with Crippen molar-refractivity contribution >= 4 is 6.08 Å². The molecule has 0 saturated heterocycles. The van der Waals surface area contributed by atoms with Crippen LogP contribution < -0.4 is 0 Å². The Morgan fingerprint density at radius 3 is 2.59 bits per heavy atom. The predicted molar refractivity (Wildman–Crippen MR) is 114 cm³/mol. The minimum atomic E-state index is -0.265. The van der Waals surface area contributed by atoms with Crippen LogP contribution in [0.4, 0.5) is 4.39 Å². The number of halogens is 1. The lowest BCUT2D eigenvalue weighted by molar-refractivity contribution is 0.0324. The molecule has 1 aliphatic rings. The van der Waals surface area contributed by atoms with Crippen molar-refractivity contribution in [2.75, 3.05) is 6.61 Å². The van der Waals surface area contributed by atoms with Gasteiger partial charge in [0.25, 0.3) is 0 Å². The van der Waals surface area contributed by atoms with Gasteiger partial charge in [-0.2, -0.15) is 5.10 Å². The molecule has 2 aromatic carbocycles. The standard InChI is InChI=1S/C25H27FN2O/c1-4-29-24(19-10-6-5-7-11-19)16-25(3)15-20-17-27-28(23(20)14-18(25)2)22-13-9-8-12-21(22)26/h5-14,17,24H,4,15-16H2,1-3H3/t24?,25-/m1/s1. The molecule has 150 valence electrons. The SMILES string of the molecule is CCOC(C[C@@]1(C)Cc2cnn(-c3ccccc3F)c2C=C1C)c1ccccc1. The van der Waals surface area contributed by atoms with Gasteiger partial charge in [-0.05, 0) is 61.4 Å². The molecule has 0 fully saturated rings. The van der Waals surface area contributed by atoms with Crippen molar-refractivity contribution in [2.45, 2.75) is 39.7 Å². The molecule has 1 aromatic heterocycles. The lowest BCUT2D eigenvalue weighted by Gasteiger charge is -2.37. The molecule has 0 spiro atoms. The van der Waals surface area contributed by atoms with Gasteiger partial charge in [0.05, 0.1) is 18.0 Å². The van der Waals surface area contributed by atoms with Crippen LogP contribution >= 0.6 is 0 Å². The summed E-state index contributed by atoms with van der Waals surface area (Å²) in [5.74, 6) is -0.265. The molecule has 2 atom stereocenters. The summed E-state index contributed by atoms with van der Waals surface area (Å²) in [5.41, 5.74) is 5.02. The van der Waals surface area contributed by atoms with Crippen molar-refractivity contribution in [2.24, 2.45) is 5.41 Å². The van der Waals surface area contributed by atoms with Crippen molar-refractivity contribution in [3.05, 3.63) is 89.0 Å². The fraction of sp³-hybridized carbons (Fsp3) is 0.320. The zero-order chi connectivity index (χ0) is 20.4. The van der Waals surface area contributed by atoms with Crippen LogP contribution in [-0.2, 0) is 11.2 Å². The Morgan fingerprint density at radius 1 is 1.14 bits per heavy atom. The minimum Gasteiger partial charge on any atom is -0.374 e. The van der Waals surface area contributed by atoms with Gasteiger partial charge < -0.3 is 4.74 Å². The van der Waals surface area contributed by atoms with E-state index in [1.54, 1.807) is 16.8 Å². The average molecular weight is 391 g/mol. The van der Waals surface area contributed by atoms with Crippen molar-refractivity contribution in [3.63, 3.8) is 0 Å². The molecule has 1 unspecified atom stereocenters. The van der Waals surface area contributed by atoms with E-state index in [-0.39, 0.29) is 17.3 Å². The first-order valence-electron chi connectivity index (χ1n) is 10.2. The maximum absolute atomic E-state index is 14.3. The fourth-order valence-corrected chi connectivity index (χ4v) is 4.22. The van der Waals surface area contributed by atoms with Gasteiger partial charge in [0.1, 0.15) is 11.5 Å². The molecule has 0 N–H and O–H groups in total. The smallest absolute Gasteiger partial charge is 0.148 e. The Balaban J connectivity index is 1.66. The molecule has 4 heteroatoms. The summed E-state index contributed by atoms with van der Waals surface area (Å²) in [6.07, 6.45) is 5.82. The Kier molecular flexibility index (Phi) is 5.37. The molecule has 29 heavy (non-hydrogen) atoms. The molecule has 3 nitrogen and oxygen atoms in total. The fourth-order valence-electron chi connectivity index (χ4n) is 4.22. The first-order chi connectivity index (χ1) is 14.0. The number of aromatic nitrogens is 2. The molecular weight excluding hydrogens is 363 g/mol. The lowest BCUT2D eigenvalue weighted by Crippen LogP contribution is -2.28. The van der Waals surface area contributed by atoms with Crippen LogP contribution in [0.3, 0.4) is 0 Å². The highest BCUT2D eigenvalue weighted by molar-refractivity contribution is 5.60. The number of ether oxygens (including phenoxy) is 1. The summed E-state index contributed by atoms with van der Waals surface area (Å²) in [6, 6.07) is 17.2. The summed E-state index contributed by atoms with van der Waals surface area (Å²) in [7, 11) is 0. The summed E-state index contributed by atoms with van der Waals surface area (Å²) in [5, 5.41) is 4.50. The predicted octanol–water partition coefficient (Wildman–Crippen LogP) is 6.15. The number of nitrogens with zero attached hydrogens (tertiary/aromatic N) is 2. The zero-order valence-electron chi connectivity index (χ0n) is 17.2. The monoisotopic (exact) mass is 390 g/mol. The minimum absolute atomic E-state index is 0.0395. The van der Waals surface area contributed by atoms with E-state index in [4.69, 9.17) is 4.74 Å². The van der Waals surface area contributed by atoms with Crippen LogP contribution in [0.2, 0.25) is 0 Å². The highest BCUT2D eigenvalue weighted by Gasteiger charge is 2.36. The van der Waals surface area contributed by atoms with E-state index < -0.39 is 0 Å². The van der Waals surface area contributed by atoms with E-state index in [1.165, 1.54) is 17.2 Å². The number of allylic oxidation sites excluding steroid dienone is 1. The number of benzene rings is 2. The summed E-state index contributed by atoms with van der Waals surface area (Å²) >= 11 is 0.